The van der Waals surface area contributed by atoms with Gasteiger partial charge in [0.05, 0.1) is 6.10 Å². The summed E-state index contributed by atoms with van der Waals surface area (Å²) in [7, 11) is 0. The third-order valence-corrected chi connectivity index (χ3v) is 3.04. The summed E-state index contributed by atoms with van der Waals surface area (Å²) in [5.41, 5.74) is -0.646. The number of rotatable bonds is 6. The molecule has 3 N–H and O–H groups in total. The van der Waals surface area contributed by atoms with Crippen LogP contribution in [0.25, 0.3) is 0 Å². The SMILES string of the molecule is CC(C)(C)C(=O)NCCCC(=O)NCC(O)C(C)(C)C. The summed E-state index contributed by atoms with van der Waals surface area (Å²) >= 11 is 0. The summed E-state index contributed by atoms with van der Waals surface area (Å²) in [5, 5.41) is 15.3. The first-order chi connectivity index (χ1) is 8.94. The van der Waals surface area contributed by atoms with Gasteiger partial charge in [-0.25, -0.2) is 0 Å². The molecule has 20 heavy (non-hydrogen) atoms. The fraction of sp³-hybridized carbons (Fsp3) is 0.867. The van der Waals surface area contributed by atoms with Gasteiger partial charge >= 0.3 is 0 Å². The molecule has 5 heteroatoms. The highest BCUT2D eigenvalue weighted by Crippen LogP contribution is 2.18. The highest BCUT2D eigenvalue weighted by atomic mass is 16.3. The molecule has 0 radical (unpaired) electrons. The smallest absolute Gasteiger partial charge is 0.225 e. The first-order valence-electron chi connectivity index (χ1n) is 7.17. The van der Waals surface area contributed by atoms with Crippen LogP contribution in [-0.4, -0.2) is 36.1 Å². The monoisotopic (exact) mass is 286 g/mol. The Labute approximate surface area is 122 Å². The zero-order valence-corrected chi connectivity index (χ0v) is 13.7. The van der Waals surface area contributed by atoms with Crippen molar-refractivity contribution in [3.8, 4) is 0 Å². The quantitative estimate of drug-likeness (QED) is 0.647. The zero-order chi connectivity index (χ0) is 16.0. The summed E-state index contributed by atoms with van der Waals surface area (Å²) in [5.74, 6) is -0.112. The van der Waals surface area contributed by atoms with Crippen molar-refractivity contribution in [1.29, 1.82) is 0 Å². The van der Waals surface area contributed by atoms with E-state index < -0.39 is 11.5 Å². The van der Waals surface area contributed by atoms with Crippen molar-refractivity contribution in [3.05, 3.63) is 0 Å². The molecule has 5 nitrogen and oxygen atoms in total. The van der Waals surface area contributed by atoms with Crippen molar-refractivity contribution in [2.75, 3.05) is 13.1 Å². The van der Waals surface area contributed by atoms with Gasteiger partial charge in [0.1, 0.15) is 0 Å². The highest BCUT2D eigenvalue weighted by Gasteiger charge is 2.22. The Balaban J connectivity index is 3.78. The zero-order valence-electron chi connectivity index (χ0n) is 13.7. The molecule has 0 saturated heterocycles. The average Bonchev–Trinajstić information content (AvgIpc) is 2.28. The van der Waals surface area contributed by atoms with Gasteiger partial charge in [-0.1, -0.05) is 41.5 Å². The normalized spacial score (nSPS) is 13.8. The van der Waals surface area contributed by atoms with Crippen LogP contribution in [0.4, 0.5) is 0 Å². The van der Waals surface area contributed by atoms with Crippen LogP contribution < -0.4 is 10.6 Å². The van der Waals surface area contributed by atoms with Gasteiger partial charge in [0, 0.05) is 24.9 Å². The lowest BCUT2D eigenvalue weighted by molar-refractivity contribution is -0.128. The van der Waals surface area contributed by atoms with E-state index in [1.807, 2.05) is 41.5 Å². The van der Waals surface area contributed by atoms with Crippen LogP contribution in [0.1, 0.15) is 54.4 Å². The lowest BCUT2D eigenvalue weighted by Gasteiger charge is -2.25. The molecule has 2 amide bonds. The number of hydrogen-bond acceptors (Lipinski definition) is 3. The van der Waals surface area contributed by atoms with Crippen LogP contribution >= 0.6 is 0 Å². The molecule has 0 spiro atoms. The third-order valence-electron chi connectivity index (χ3n) is 3.04. The van der Waals surface area contributed by atoms with Gasteiger partial charge in [-0.3, -0.25) is 9.59 Å². The maximum absolute atomic E-state index is 11.6. The molecule has 0 aliphatic heterocycles. The Hall–Kier alpha value is -1.10. The van der Waals surface area contributed by atoms with E-state index in [1.54, 1.807) is 0 Å². The molecule has 0 aromatic rings. The van der Waals surface area contributed by atoms with E-state index in [0.717, 1.165) is 0 Å². The number of aliphatic hydroxyl groups is 1. The largest absolute Gasteiger partial charge is 0.391 e. The third kappa shape index (κ3) is 8.15. The maximum Gasteiger partial charge on any atom is 0.225 e. The van der Waals surface area contributed by atoms with Gasteiger partial charge in [0.25, 0.3) is 0 Å². The molecule has 0 aliphatic rings. The molecular weight excluding hydrogens is 256 g/mol. The molecule has 118 valence electrons. The van der Waals surface area contributed by atoms with Gasteiger partial charge in [0.2, 0.25) is 11.8 Å². The second-order valence-corrected chi connectivity index (χ2v) is 7.30. The van der Waals surface area contributed by atoms with Crippen molar-refractivity contribution >= 4 is 11.8 Å². The van der Waals surface area contributed by atoms with E-state index in [4.69, 9.17) is 0 Å². The van der Waals surface area contributed by atoms with Gasteiger partial charge in [-0.05, 0) is 11.8 Å². The van der Waals surface area contributed by atoms with Crippen molar-refractivity contribution < 1.29 is 14.7 Å². The first kappa shape index (κ1) is 18.9. The van der Waals surface area contributed by atoms with Gasteiger partial charge in [-0.15, -0.1) is 0 Å². The minimum absolute atomic E-state index is 0.0129. The molecule has 0 aromatic carbocycles. The Morgan fingerprint density at radius 1 is 1.05 bits per heavy atom. The summed E-state index contributed by atoms with van der Waals surface area (Å²) in [6, 6.07) is 0. The predicted octanol–water partition coefficient (Wildman–Crippen LogP) is 1.45. The Kier molecular flexibility index (Phi) is 7.20. The fourth-order valence-corrected chi connectivity index (χ4v) is 1.32. The van der Waals surface area contributed by atoms with Crippen LogP contribution in [0.5, 0.6) is 0 Å². The van der Waals surface area contributed by atoms with E-state index >= 15 is 0 Å². The lowest BCUT2D eigenvalue weighted by atomic mass is 9.89. The molecule has 0 rings (SSSR count). The molecule has 0 aromatic heterocycles. The van der Waals surface area contributed by atoms with E-state index in [0.29, 0.717) is 19.4 Å². The molecule has 0 saturated carbocycles. The average molecular weight is 286 g/mol. The fourth-order valence-electron chi connectivity index (χ4n) is 1.32. The van der Waals surface area contributed by atoms with Crippen LogP contribution in [0.2, 0.25) is 0 Å². The number of hydrogen-bond donors (Lipinski definition) is 3. The molecule has 0 heterocycles. The van der Waals surface area contributed by atoms with E-state index in [-0.39, 0.29) is 23.8 Å². The number of nitrogens with one attached hydrogen (secondary N) is 2. The van der Waals surface area contributed by atoms with E-state index in [9.17, 15) is 14.7 Å². The Morgan fingerprint density at radius 3 is 2.05 bits per heavy atom. The Bertz CT molecular complexity index is 327. The number of carbonyl (C=O) groups excluding carboxylic acids is 2. The predicted molar refractivity (Wildman–Crippen MR) is 80.2 cm³/mol. The molecule has 1 unspecified atom stereocenters. The minimum atomic E-state index is -0.563. The van der Waals surface area contributed by atoms with Crippen LogP contribution in [0.15, 0.2) is 0 Å². The van der Waals surface area contributed by atoms with Crippen molar-refractivity contribution in [2.24, 2.45) is 10.8 Å². The number of aliphatic hydroxyl groups excluding tert-OH is 1. The van der Waals surface area contributed by atoms with Gasteiger partial charge in [0.15, 0.2) is 0 Å². The second kappa shape index (κ2) is 7.62. The van der Waals surface area contributed by atoms with Gasteiger partial charge in [-0.2, -0.15) is 0 Å². The van der Waals surface area contributed by atoms with Crippen LogP contribution in [-0.2, 0) is 9.59 Å². The number of carbonyl (C=O) groups is 2. The first-order valence-corrected chi connectivity index (χ1v) is 7.17. The molecule has 0 aliphatic carbocycles. The topological polar surface area (TPSA) is 78.4 Å². The van der Waals surface area contributed by atoms with Crippen molar-refractivity contribution in [3.63, 3.8) is 0 Å². The Morgan fingerprint density at radius 2 is 1.60 bits per heavy atom. The standard InChI is InChI=1S/C15H30N2O3/c1-14(2,3)11(18)10-17-12(19)8-7-9-16-13(20)15(4,5)6/h11,18H,7-10H2,1-6H3,(H,16,20)(H,17,19). The lowest BCUT2D eigenvalue weighted by Crippen LogP contribution is -2.39. The van der Waals surface area contributed by atoms with Crippen LogP contribution in [0.3, 0.4) is 0 Å². The van der Waals surface area contributed by atoms with E-state index in [2.05, 4.69) is 10.6 Å². The molecular formula is C15H30N2O3. The number of amides is 2. The highest BCUT2D eigenvalue weighted by molar-refractivity contribution is 5.81. The summed E-state index contributed by atoms with van der Waals surface area (Å²) in [6.45, 7) is 12.1. The molecule has 0 fully saturated rings. The van der Waals surface area contributed by atoms with E-state index in [1.165, 1.54) is 0 Å². The van der Waals surface area contributed by atoms with Crippen molar-refractivity contribution in [1.82, 2.24) is 10.6 Å². The van der Waals surface area contributed by atoms with Gasteiger partial charge < -0.3 is 15.7 Å². The molecule has 1 atom stereocenters. The minimum Gasteiger partial charge on any atom is -0.391 e. The molecule has 0 bridgehead atoms. The maximum atomic E-state index is 11.6. The van der Waals surface area contributed by atoms with Crippen molar-refractivity contribution in [2.45, 2.75) is 60.5 Å². The summed E-state index contributed by atoms with van der Waals surface area (Å²) < 4.78 is 0. The summed E-state index contributed by atoms with van der Waals surface area (Å²) in [4.78, 5) is 23.2. The summed E-state index contributed by atoms with van der Waals surface area (Å²) in [6.07, 6.45) is 0.382. The second-order valence-electron chi connectivity index (χ2n) is 7.30. The van der Waals surface area contributed by atoms with Crippen LogP contribution in [0, 0.1) is 10.8 Å².